The van der Waals surface area contributed by atoms with E-state index in [1.165, 1.54) is 5.56 Å². The van der Waals surface area contributed by atoms with E-state index in [0.717, 1.165) is 6.42 Å². The number of rotatable bonds is 8. The molecule has 2 unspecified atom stereocenters. The Labute approximate surface area is 104 Å². The first-order valence-corrected chi connectivity index (χ1v) is 6.32. The topological polar surface area (TPSA) is 41.5 Å². The second-order valence-corrected chi connectivity index (χ2v) is 4.09. The second kappa shape index (κ2) is 8.23. The molecule has 1 aromatic rings. The Hall–Kier alpha value is -0.900. The molecular formula is C14H23NO2. The zero-order valence-electron chi connectivity index (χ0n) is 10.7. The SMILES string of the molecule is CCOCC(O)CNC(CC)c1ccccc1. The molecule has 96 valence electrons. The molecule has 1 rings (SSSR count). The maximum Gasteiger partial charge on any atom is 0.0897 e. The van der Waals surface area contributed by atoms with Crippen LogP contribution in [0.4, 0.5) is 0 Å². The molecule has 0 aliphatic heterocycles. The van der Waals surface area contributed by atoms with E-state index >= 15 is 0 Å². The van der Waals surface area contributed by atoms with Gasteiger partial charge in [0.1, 0.15) is 0 Å². The molecule has 0 fully saturated rings. The van der Waals surface area contributed by atoms with E-state index in [-0.39, 0.29) is 0 Å². The third-order valence-electron chi connectivity index (χ3n) is 2.72. The highest BCUT2D eigenvalue weighted by atomic mass is 16.5. The molecular weight excluding hydrogens is 214 g/mol. The molecule has 0 amide bonds. The Balaban J connectivity index is 2.38. The van der Waals surface area contributed by atoms with Crippen molar-refractivity contribution in [1.82, 2.24) is 5.32 Å². The van der Waals surface area contributed by atoms with Crippen LogP contribution < -0.4 is 5.32 Å². The smallest absolute Gasteiger partial charge is 0.0897 e. The van der Waals surface area contributed by atoms with Gasteiger partial charge in [-0.15, -0.1) is 0 Å². The predicted molar refractivity (Wildman–Crippen MR) is 70.0 cm³/mol. The van der Waals surface area contributed by atoms with E-state index in [2.05, 4.69) is 24.4 Å². The van der Waals surface area contributed by atoms with Crippen molar-refractivity contribution >= 4 is 0 Å². The summed E-state index contributed by atoms with van der Waals surface area (Å²) in [6, 6.07) is 10.6. The number of hydrogen-bond acceptors (Lipinski definition) is 3. The van der Waals surface area contributed by atoms with Crippen LogP contribution in [0.3, 0.4) is 0 Å². The first-order chi connectivity index (χ1) is 8.27. The first kappa shape index (κ1) is 14.2. The fraction of sp³-hybridized carbons (Fsp3) is 0.571. The lowest BCUT2D eigenvalue weighted by Gasteiger charge is -2.19. The Kier molecular flexibility index (Phi) is 6.86. The molecule has 0 aliphatic carbocycles. The molecule has 0 bridgehead atoms. The van der Waals surface area contributed by atoms with Crippen LogP contribution in [0.1, 0.15) is 31.9 Å². The summed E-state index contributed by atoms with van der Waals surface area (Å²) in [5.74, 6) is 0. The van der Waals surface area contributed by atoms with E-state index < -0.39 is 6.10 Å². The first-order valence-electron chi connectivity index (χ1n) is 6.32. The molecule has 1 aromatic carbocycles. The molecule has 0 radical (unpaired) electrons. The molecule has 0 heterocycles. The summed E-state index contributed by atoms with van der Waals surface area (Å²) < 4.78 is 5.18. The molecule has 17 heavy (non-hydrogen) atoms. The Bertz CT molecular complexity index is 290. The summed E-state index contributed by atoms with van der Waals surface area (Å²) >= 11 is 0. The molecule has 0 saturated carbocycles. The normalized spacial score (nSPS) is 14.5. The highest BCUT2D eigenvalue weighted by Gasteiger charge is 2.10. The lowest BCUT2D eigenvalue weighted by atomic mass is 10.0. The number of hydrogen-bond donors (Lipinski definition) is 2. The van der Waals surface area contributed by atoms with Gasteiger partial charge in [0.05, 0.1) is 12.7 Å². The van der Waals surface area contributed by atoms with Gasteiger partial charge in [0.15, 0.2) is 0 Å². The quantitative estimate of drug-likeness (QED) is 0.727. The summed E-state index contributed by atoms with van der Waals surface area (Å²) in [6.07, 6.45) is 0.568. The monoisotopic (exact) mass is 237 g/mol. The van der Waals surface area contributed by atoms with Gasteiger partial charge in [0, 0.05) is 19.2 Å². The van der Waals surface area contributed by atoms with E-state index in [4.69, 9.17) is 4.74 Å². The summed E-state index contributed by atoms with van der Waals surface area (Å²) in [6.45, 7) is 5.67. The summed E-state index contributed by atoms with van der Waals surface area (Å²) in [5, 5.41) is 13.0. The Morgan fingerprint density at radius 3 is 2.53 bits per heavy atom. The van der Waals surface area contributed by atoms with Crippen LogP contribution in [-0.4, -0.2) is 31.0 Å². The molecule has 3 nitrogen and oxygen atoms in total. The minimum atomic E-state index is -0.437. The zero-order valence-corrected chi connectivity index (χ0v) is 10.7. The fourth-order valence-electron chi connectivity index (χ4n) is 1.77. The van der Waals surface area contributed by atoms with Gasteiger partial charge in [-0.2, -0.15) is 0 Å². The van der Waals surface area contributed by atoms with Crippen LogP contribution in [0.5, 0.6) is 0 Å². The van der Waals surface area contributed by atoms with E-state index in [1.807, 2.05) is 25.1 Å². The molecule has 2 atom stereocenters. The molecule has 0 spiro atoms. The Morgan fingerprint density at radius 1 is 1.24 bits per heavy atom. The fourth-order valence-corrected chi connectivity index (χ4v) is 1.77. The van der Waals surface area contributed by atoms with Crippen molar-refractivity contribution < 1.29 is 9.84 Å². The third kappa shape index (κ3) is 5.31. The number of aliphatic hydroxyl groups excluding tert-OH is 1. The van der Waals surface area contributed by atoms with Gasteiger partial charge in [-0.05, 0) is 18.9 Å². The molecule has 0 saturated heterocycles. The van der Waals surface area contributed by atoms with Crippen molar-refractivity contribution in [2.75, 3.05) is 19.8 Å². The maximum absolute atomic E-state index is 9.68. The number of nitrogens with one attached hydrogen (secondary N) is 1. The standard InChI is InChI=1S/C14H23NO2/c1-3-14(12-8-6-5-7-9-12)15-10-13(16)11-17-4-2/h5-9,13-16H,3-4,10-11H2,1-2H3. The van der Waals surface area contributed by atoms with Crippen molar-refractivity contribution in [3.63, 3.8) is 0 Å². The molecule has 0 aliphatic rings. The van der Waals surface area contributed by atoms with Crippen LogP contribution in [0.15, 0.2) is 30.3 Å². The van der Waals surface area contributed by atoms with Crippen LogP contribution in [0.25, 0.3) is 0 Å². The second-order valence-electron chi connectivity index (χ2n) is 4.09. The van der Waals surface area contributed by atoms with Gasteiger partial charge >= 0.3 is 0 Å². The number of benzene rings is 1. The minimum absolute atomic E-state index is 0.299. The van der Waals surface area contributed by atoms with Crippen molar-refractivity contribution in [3.8, 4) is 0 Å². The van der Waals surface area contributed by atoms with Gasteiger partial charge in [0.25, 0.3) is 0 Å². The van der Waals surface area contributed by atoms with Crippen molar-refractivity contribution in [3.05, 3.63) is 35.9 Å². The molecule has 2 N–H and O–H groups in total. The highest BCUT2D eigenvalue weighted by Crippen LogP contribution is 2.15. The van der Waals surface area contributed by atoms with Gasteiger partial charge in [0.2, 0.25) is 0 Å². The summed E-state index contributed by atoms with van der Waals surface area (Å²) in [7, 11) is 0. The van der Waals surface area contributed by atoms with Gasteiger partial charge in [-0.3, -0.25) is 0 Å². The van der Waals surface area contributed by atoms with E-state index in [0.29, 0.717) is 25.8 Å². The minimum Gasteiger partial charge on any atom is -0.389 e. The van der Waals surface area contributed by atoms with Crippen LogP contribution in [0, 0.1) is 0 Å². The van der Waals surface area contributed by atoms with Crippen molar-refractivity contribution in [1.29, 1.82) is 0 Å². The van der Waals surface area contributed by atoms with Gasteiger partial charge in [-0.1, -0.05) is 37.3 Å². The number of ether oxygens (including phenoxy) is 1. The van der Waals surface area contributed by atoms with Crippen LogP contribution in [0.2, 0.25) is 0 Å². The third-order valence-corrected chi connectivity index (χ3v) is 2.72. The lowest BCUT2D eigenvalue weighted by Crippen LogP contribution is -2.33. The molecule has 3 heteroatoms. The van der Waals surface area contributed by atoms with E-state index in [9.17, 15) is 5.11 Å². The highest BCUT2D eigenvalue weighted by molar-refractivity contribution is 5.18. The summed E-state index contributed by atoms with van der Waals surface area (Å²) in [4.78, 5) is 0. The predicted octanol–water partition coefficient (Wildman–Crippen LogP) is 2.12. The van der Waals surface area contributed by atoms with Gasteiger partial charge in [-0.25, -0.2) is 0 Å². The summed E-state index contributed by atoms with van der Waals surface area (Å²) in [5.41, 5.74) is 1.26. The number of aliphatic hydroxyl groups is 1. The van der Waals surface area contributed by atoms with Crippen LogP contribution >= 0.6 is 0 Å². The molecule has 0 aromatic heterocycles. The van der Waals surface area contributed by atoms with Crippen LogP contribution in [-0.2, 0) is 4.74 Å². The maximum atomic E-state index is 9.68. The largest absolute Gasteiger partial charge is 0.389 e. The van der Waals surface area contributed by atoms with E-state index in [1.54, 1.807) is 0 Å². The Morgan fingerprint density at radius 2 is 1.94 bits per heavy atom. The van der Waals surface area contributed by atoms with Crippen molar-refractivity contribution in [2.45, 2.75) is 32.4 Å². The average molecular weight is 237 g/mol. The lowest BCUT2D eigenvalue weighted by molar-refractivity contribution is 0.0413. The van der Waals surface area contributed by atoms with Crippen molar-refractivity contribution in [2.24, 2.45) is 0 Å². The zero-order chi connectivity index (χ0) is 12.5. The van der Waals surface area contributed by atoms with Gasteiger partial charge < -0.3 is 15.2 Å². The average Bonchev–Trinajstić information content (AvgIpc) is 2.38.